The van der Waals surface area contributed by atoms with Crippen LogP contribution in [0, 0.1) is 6.92 Å². The second-order valence-corrected chi connectivity index (χ2v) is 10.1. The fourth-order valence-electron chi connectivity index (χ4n) is 3.04. The molecule has 0 unspecified atom stereocenters. The molecule has 1 atom stereocenters. The molecule has 2 aromatic carbocycles. The van der Waals surface area contributed by atoms with Crippen LogP contribution in [0.5, 0.6) is 0 Å². The standard InChI is InChI=1S/C22H28BrN3O4S/c1-5-24-22(28)17(3)25(14-18-12-10-16(2)11-13-18)21(27)15-26(31(4,29)30)20-9-7-6-8-19(20)23/h6-13,17H,5,14-15H2,1-4H3,(H,24,28)/t17-/m0/s1. The second kappa shape index (κ2) is 10.8. The smallest absolute Gasteiger partial charge is 0.244 e. The molecule has 0 saturated heterocycles. The average Bonchev–Trinajstić information content (AvgIpc) is 2.71. The van der Waals surface area contributed by atoms with Crippen molar-refractivity contribution < 1.29 is 18.0 Å². The first kappa shape index (κ1) is 24.9. The number of hydrogen-bond donors (Lipinski definition) is 1. The van der Waals surface area contributed by atoms with Gasteiger partial charge in [0.25, 0.3) is 0 Å². The molecule has 0 spiro atoms. The topological polar surface area (TPSA) is 86.8 Å². The Kier molecular flexibility index (Phi) is 8.64. The molecule has 0 bridgehead atoms. The molecule has 0 saturated carbocycles. The Bertz CT molecular complexity index is 1030. The Balaban J connectivity index is 2.38. The molecular formula is C22H28BrN3O4S. The van der Waals surface area contributed by atoms with Gasteiger partial charge < -0.3 is 10.2 Å². The summed E-state index contributed by atoms with van der Waals surface area (Å²) in [5, 5.41) is 2.73. The van der Waals surface area contributed by atoms with Crippen molar-refractivity contribution in [3.05, 3.63) is 64.1 Å². The Labute approximate surface area is 192 Å². The van der Waals surface area contributed by atoms with Crippen LogP contribution in [0.25, 0.3) is 0 Å². The van der Waals surface area contributed by atoms with Crippen molar-refractivity contribution >= 4 is 43.5 Å². The highest BCUT2D eigenvalue weighted by Gasteiger charge is 2.30. The first-order chi connectivity index (χ1) is 14.5. The maximum atomic E-state index is 13.3. The third-order valence-corrected chi connectivity index (χ3v) is 6.59. The molecule has 1 N–H and O–H groups in total. The number of para-hydroxylation sites is 1. The third kappa shape index (κ3) is 6.80. The molecule has 2 aromatic rings. The molecular weight excluding hydrogens is 482 g/mol. The first-order valence-corrected chi connectivity index (χ1v) is 12.5. The van der Waals surface area contributed by atoms with E-state index < -0.39 is 28.5 Å². The molecule has 0 heterocycles. The van der Waals surface area contributed by atoms with Crippen molar-refractivity contribution in [1.29, 1.82) is 0 Å². The highest BCUT2D eigenvalue weighted by atomic mass is 79.9. The number of sulfonamides is 1. The van der Waals surface area contributed by atoms with Crippen molar-refractivity contribution in [2.45, 2.75) is 33.4 Å². The van der Waals surface area contributed by atoms with E-state index >= 15 is 0 Å². The molecule has 0 aromatic heterocycles. The zero-order valence-corrected chi connectivity index (χ0v) is 20.5. The van der Waals surface area contributed by atoms with Gasteiger partial charge in [-0.05, 0) is 54.4 Å². The van der Waals surface area contributed by atoms with Gasteiger partial charge in [-0.25, -0.2) is 8.42 Å². The number of amides is 2. The lowest BCUT2D eigenvalue weighted by Crippen LogP contribution is -2.51. The Morgan fingerprint density at radius 2 is 1.71 bits per heavy atom. The highest BCUT2D eigenvalue weighted by molar-refractivity contribution is 9.10. The van der Waals surface area contributed by atoms with Crippen molar-refractivity contribution in [2.75, 3.05) is 23.7 Å². The minimum absolute atomic E-state index is 0.185. The number of halogens is 1. The molecule has 0 radical (unpaired) electrons. The van der Waals surface area contributed by atoms with E-state index in [9.17, 15) is 18.0 Å². The average molecular weight is 510 g/mol. The summed E-state index contributed by atoms with van der Waals surface area (Å²) in [5.41, 5.74) is 2.29. The van der Waals surface area contributed by atoms with Crippen LogP contribution in [0.4, 0.5) is 5.69 Å². The van der Waals surface area contributed by atoms with E-state index in [1.165, 1.54) is 4.90 Å². The van der Waals surface area contributed by atoms with Gasteiger partial charge in [-0.15, -0.1) is 0 Å². The molecule has 9 heteroatoms. The van der Waals surface area contributed by atoms with Crippen LogP contribution in [-0.2, 0) is 26.2 Å². The van der Waals surface area contributed by atoms with Crippen LogP contribution in [0.1, 0.15) is 25.0 Å². The van der Waals surface area contributed by atoms with Gasteiger partial charge >= 0.3 is 0 Å². The molecule has 168 valence electrons. The predicted molar refractivity (Wildman–Crippen MR) is 126 cm³/mol. The number of carbonyl (C=O) groups excluding carboxylic acids is 2. The van der Waals surface area contributed by atoms with Gasteiger partial charge in [-0.1, -0.05) is 42.0 Å². The summed E-state index contributed by atoms with van der Waals surface area (Å²) in [7, 11) is -3.75. The van der Waals surface area contributed by atoms with Gasteiger partial charge in [0.05, 0.1) is 11.9 Å². The molecule has 2 amide bonds. The minimum atomic E-state index is -3.75. The summed E-state index contributed by atoms with van der Waals surface area (Å²) in [5.74, 6) is -0.768. The van der Waals surface area contributed by atoms with Gasteiger partial charge in [0, 0.05) is 17.6 Å². The van der Waals surface area contributed by atoms with Crippen LogP contribution in [0.3, 0.4) is 0 Å². The van der Waals surface area contributed by atoms with Crippen molar-refractivity contribution in [1.82, 2.24) is 10.2 Å². The summed E-state index contributed by atoms with van der Waals surface area (Å²) in [6.45, 7) is 5.60. The second-order valence-electron chi connectivity index (χ2n) is 7.30. The zero-order chi connectivity index (χ0) is 23.2. The lowest BCUT2D eigenvalue weighted by molar-refractivity contribution is -0.139. The monoisotopic (exact) mass is 509 g/mol. The number of rotatable bonds is 9. The summed E-state index contributed by atoms with van der Waals surface area (Å²) >= 11 is 3.35. The van der Waals surface area contributed by atoms with Gasteiger partial charge in [0.15, 0.2) is 0 Å². The number of aryl methyl sites for hydroxylation is 1. The summed E-state index contributed by atoms with van der Waals surface area (Å²) in [4.78, 5) is 27.2. The van der Waals surface area contributed by atoms with Crippen LogP contribution in [-0.4, -0.2) is 50.5 Å². The number of carbonyl (C=O) groups is 2. The minimum Gasteiger partial charge on any atom is -0.355 e. The molecule has 0 aliphatic heterocycles. The Morgan fingerprint density at radius 3 is 2.26 bits per heavy atom. The van der Waals surface area contributed by atoms with Gasteiger partial charge in [0.2, 0.25) is 21.8 Å². The molecule has 0 fully saturated rings. The van der Waals surface area contributed by atoms with Gasteiger partial charge in [-0.2, -0.15) is 0 Å². The SMILES string of the molecule is CCNC(=O)[C@H](C)N(Cc1ccc(C)cc1)C(=O)CN(c1ccccc1Br)S(C)(=O)=O. The Morgan fingerprint density at radius 1 is 1.10 bits per heavy atom. The van der Waals surface area contributed by atoms with Crippen molar-refractivity contribution in [3.8, 4) is 0 Å². The quantitative estimate of drug-likeness (QED) is 0.562. The molecule has 0 aliphatic rings. The van der Waals surface area contributed by atoms with E-state index in [2.05, 4.69) is 21.2 Å². The molecule has 0 aliphatic carbocycles. The lowest BCUT2D eigenvalue weighted by Gasteiger charge is -2.31. The third-order valence-electron chi connectivity index (χ3n) is 4.79. The summed E-state index contributed by atoms with van der Waals surface area (Å²) < 4.78 is 26.6. The maximum Gasteiger partial charge on any atom is 0.244 e. The Hall–Kier alpha value is -2.39. The number of benzene rings is 2. The molecule has 31 heavy (non-hydrogen) atoms. The van der Waals surface area contributed by atoms with Crippen LogP contribution < -0.4 is 9.62 Å². The maximum absolute atomic E-state index is 13.3. The van der Waals surface area contributed by atoms with Crippen molar-refractivity contribution in [2.24, 2.45) is 0 Å². The summed E-state index contributed by atoms with van der Waals surface area (Å²) in [6, 6.07) is 13.7. The fourth-order valence-corrected chi connectivity index (χ4v) is 4.52. The first-order valence-electron chi connectivity index (χ1n) is 9.89. The lowest BCUT2D eigenvalue weighted by atomic mass is 10.1. The van der Waals surface area contributed by atoms with E-state index in [1.807, 2.05) is 31.2 Å². The van der Waals surface area contributed by atoms with Crippen LogP contribution in [0.2, 0.25) is 0 Å². The largest absolute Gasteiger partial charge is 0.355 e. The predicted octanol–water partition coefficient (Wildman–Crippen LogP) is 3.08. The number of hydrogen-bond acceptors (Lipinski definition) is 4. The normalized spacial score (nSPS) is 12.2. The van der Waals surface area contributed by atoms with E-state index in [4.69, 9.17) is 0 Å². The van der Waals surface area contributed by atoms with E-state index in [0.29, 0.717) is 16.7 Å². The van der Waals surface area contributed by atoms with E-state index in [1.54, 1.807) is 38.1 Å². The summed E-state index contributed by atoms with van der Waals surface area (Å²) in [6.07, 6.45) is 1.05. The highest BCUT2D eigenvalue weighted by Crippen LogP contribution is 2.28. The number of likely N-dealkylation sites (N-methyl/N-ethyl adjacent to an activating group) is 1. The molecule has 2 rings (SSSR count). The van der Waals surface area contributed by atoms with E-state index in [0.717, 1.165) is 21.7 Å². The number of anilines is 1. The van der Waals surface area contributed by atoms with Gasteiger partial charge in [-0.3, -0.25) is 13.9 Å². The number of nitrogens with zero attached hydrogens (tertiary/aromatic N) is 2. The van der Waals surface area contributed by atoms with Crippen molar-refractivity contribution in [3.63, 3.8) is 0 Å². The van der Waals surface area contributed by atoms with Gasteiger partial charge in [0.1, 0.15) is 12.6 Å². The van der Waals surface area contributed by atoms with Crippen LogP contribution in [0.15, 0.2) is 53.0 Å². The van der Waals surface area contributed by atoms with E-state index in [-0.39, 0.29) is 12.5 Å². The van der Waals surface area contributed by atoms with Crippen LogP contribution >= 0.6 is 15.9 Å². The fraction of sp³-hybridized carbons (Fsp3) is 0.364. The molecule has 7 nitrogen and oxygen atoms in total. The number of nitrogens with one attached hydrogen (secondary N) is 1. The zero-order valence-electron chi connectivity index (χ0n) is 18.1.